The van der Waals surface area contributed by atoms with E-state index in [1.165, 1.54) is 32.1 Å². The Morgan fingerprint density at radius 3 is 2.64 bits per heavy atom. The molecule has 0 aromatic heterocycles. The van der Waals surface area contributed by atoms with Crippen molar-refractivity contribution in [2.75, 3.05) is 19.7 Å². The first-order chi connectivity index (χ1) is 6.86. The Morgan fingerprint density at radius 2 is 2.00 bits per heavy atom. The molecule has 2 aliphatic heterocycles. The highest BCUT2D eigenvalue weighted by Crippen LogP contribution is 2.27. The van der Waals surface area contributed by atoms with E-state index in [4.69, 9.17) is 17.0 Å². The Balaban J connectivity index is 1.75. The molecule has 0 aliphatic carbocycles. The van der Waals surface area contributed by atoms with Gasteiger partial charge in [0.25, 0.3) is 0 Å². The Bertz CT molecular complexity index is 198. The van der Waals surface area contributed by atoms with Crippen LogP contribution in [0.5, 0.6) is 0 Å². The van der Waals surface area contributed by atoms with E-state index in [2.05, 4.69) is 4.90 Å². The molecule has 0 aromatic rings. The van der Waals surface area contributed by atoms with E-state index in [1.807, 2.05) is 0 Å². The molecule has 0 bridgehead atoms. The highest BCUT2D eigenvalue weighted by atomic mass is 32.2. The van der Waals surface area contributed by atoms with Crippen LogP contribution in [0.2, 0.25) is 0 Å². The van der Waals surface area contributed by atoms with Crippen molar-refractivity contribution in [1.82, 2.24) is 4.90 Å². The van der Waals surface area contributed by atoms with Gasteiger partial charge in [-0.2, -0.15) is 0 Å². The summed E-state index contributed by atoms with van der Waals surface area (Å²) < 4.78 is 6.71. The normalized spacial score (nSPS) is 28.0. The van der Waals surface area contributed by atoms with Gasteiger partial charge >= 0.3 is 0 Å². The molecule has 14 heavy (non-hydrogen) atoms. The summed E-state index contributed by atoms with van der Waals surface area (Å²) in [5.74, 6) is 0. The van der Waals surface area contributed by atoms with Crippen LogP contribution in [-0.4, -0.2) is 34.4 Å². The number of hydrogen-bond donors (Lipinski definition) is 0. The smallest absolute Gasteiger partial charge is 0.138 e. The van der Waals surface area contributed by atoms with Gasteiger partial charge < -0.3 is 9.64 Å². The van der Waals surface area contributed by atoms with Crippen molar-refractivity contribution in [3.05, 3.63) is 0 Å². The summed E-state index contributed by atoms with van der Waals surface area (Å²) in [6, 6.07) is 0. The lowest BCUT2D eigenvalue weighted by molar-refractivity contribution is 0.0734. The van der Waals surface area contributed by atoms with Crippen molar-refractivity contribution < 1.29 is 4.74 Å². The molecule has 0 aromatic carbocycles. The fourth-order valence-corrected chi connectivity index (χ4v) is 3.40. The average Bonchev–Trinajstić information content (AvgIpc) is 2.72. The summed E-state index contributed by atoms with van der Waals surface area (Å²) in [5.41, 5.74) is 0.330. The Labute approximate surface area is 95.4 Å². The largest absolute Gasteiger partial charge is 0.367 e. The van der Waals surface area contributed by atoms with Crippen molar-refractivity contribution in [2.45, 2.75) is 37.5 Å². The van der Waals surface area contributed by atoms with Crippen molar-refractivity contribution in [2.24, 2.45) is 0 Å². The van der Waals surface area contributed by atoms with Gasteiger partial charge in [0.2, 0.25) is 0 Å². The van der Waals surface area contributed by atoms with Gasteiger partial charge in [-0.3, -0.25) is 0 Å². The van der Waals surface area contributed by atoms with E-state index in [-0.39, 0.29) is 0 Å². The molecule has 0 unspecified atom stereocenters. The van der Waals surface area contributed by atoms with Crippen LogP contribution >= 0.6 is 24.0 Å². The summed E-state index contributed by atoms with van der Waals surface area (Å²) in [6.45, 7) is 3.22. The second-order valence-electron chi connectivity index (χ2n) is 3.87. The van der Waals surface area contributed by atoms with Gasteiger partial charge in [0.05, 0.1) is 0 Å². The first-order valence-corrected chi connectivity index (χ1v) is 6.72. The standard InChI is InChI=1S/C10H17NOS2/c13-10(11-6-2-3-7-11)14-9-5-1-4-8-12-9/h9H,1-8H2/t9-/m0/s1. The van der Waals surface area contributed by atoms with Crippen LogP contribution in [0.25, 0.3) is 0 Å². The fourth-order valence-electron chi connectivity index (χ4n) is 1.89. The first kappa shape index (κ1) is 10.7. The van der Waals surface area contributed by atoms with E-state index in [0.29, 0.717) is 5.44 Å². The summed E-state index contributed by atoms with van der Waals surface area (Å²) in [6.07, 6.45) is 6.27. The lowest BCUT2D eigenvalue weighted by atomic mass is 10.2. The number of nitrogens with zero attached hydrogens (tertiary/aromatic N) is 1. The summed E-state index contributed by atoms with van der Waals surface area (Å²) in [7, 11) is 0. The highest BCUT2D eigenvalue weighted by molar-refractivity contribution is 8.23. The van der Waals surface area contributed by atoms with Crippen molar-refractivity contribution >= 4 is 28.3 Å². The van der Waals surface area contributed by atoms with Crippen molar-refractivity contribution in [1.29, 1.82) is 0 Å². The third-order valence-electron chi connectivity index (χ3n) is 2.73. The maximum Gasteiger partial charge on any atom is 0.138 e. The molecule has 2 heterocycles. The molecule has 2 fully saturated rings. The van der Waals surface area contributed by atoms with E-state index in [0.717, 1.165) is 24.0 Å². The first-order valence-electron chi connectivity index (χ1n) is 5.43. The molecule has 2 nitrogen and oxygen atoms in total. The van der Waals surface area contributed by atoms with Crippen LogP contribution < -0.4 is 0 Å². The minimum Gasteiger partial charge on any atom is -0.367 e. The molecule has 0 spiro atoms. The number of rotatable bonds is 1. The SMILES string of the molecule is S=C(S[C@H]1CCCCO1)N1CCCC1. The number of thioether (sulfide) groups is 1. The Hall–Kier alpha value is 0.200. The number of ether oxygens (including phenoxy) is 1. The Kier molecular flexibility index (Phi) is 4.08. The number of likely N-dealkylation sites (tertiary alicyclic amines) is 1. The van der Waals surface area contributed by atoms with E-state index < -0.39 is 0 Å². The van der Waals surface area contributed by atoms with Gasteiger partial charge in [-0.05, 0) is 32.1 Å². The van der Waals surface area contributed by atoms with E-state index in [1.54, 1.807) is 11.8 Å². The lowest BCUT2D eigenvalue weighted by Crippen LogP contribution is -2.27. The van der Waals surface area contributed by atoms with Gasteiger partial charge in [0.15, 0.2) is 0 Å². The predicted octanol–water partition coefficient (Wildman–Crippen LogP) is 2.63. The third-order valence-corrected chi connectivity index (χ3v) is 4.38. The molecule has 0 radical (unpaired) electrons. The average molecular weight is 231 g/mol. The van der Waals surface area contributed by atoms with Gasteiger partial charge in [-0.25, -0.2) is 0 Å². The molecule has 0 N–H and O–H groups in total. The molecule has 1 atom stereocenters. The van der Waals surface area contributed by atoms with Gasteiger partial charge in [0.1, 0.15) is 9.76 Å². The van der Waals surface area contributed by atoms with Gasteiger partial charge in [0, 0.05) is 19.7 Å². The predicted molar refractivity (Wildman–Crippen MR) is 64.6 cm³/mol. The second kappa shape index (κ2) is 5.33. The van der Waals surface area contributed by atoms with Crippen LogP contribution in [0.1, 0.15) is 32.1 Å². The quantitative estimate of drug-likeness (QED) is 0.643. The van der Waals surface area contributed by atoms with Crippen LogP contribution in [0.3, 0.4) is 0 Å². The summed E-state index contributed by atoms with van der Waals surface area (Å²) in [4.78, 5) is 2.32. The van der Waals surface area contributed by atoms with E-state index in [9.17, 15) is 0 Å². The molecule has 2 aliphatic rings. The van der Waals surface area contributed by atoms with Crippen LogP contribution in [0, 0.1) is 0 Å². The van der Waals surface area contributed by atoms with Crippen LogP contribution in [0.4, 0.5) is 0 Å². The zero-order valence-corrected chi connectivity index (χ0v) is 10.0. The maximum atomic E-state index is 5.66. The molecule has 4 heteroatoms. The molecule has 2 saturated heterocycles. The summed E-state index contributed by atoms with van der Waals surface area (Å²) in [5, 5.41) is 0. The zero-order valence-electron chi connectivity index (χ0n) is 8.41. The third kappa shape index (κ3) is 2.84. The van der Waals surface area contributed by atoms with Gasteiger partial charge in [-0.15, -0.1) is 0 Å². The van der Waals surface area contributed by atoms with Crippen LogP contribution in [-0.2, 0) is 4.74 Å². The minimum absolute atomic E-state index is 0.330. The van der Waals surface area contributed by atoms with Crippen molar-refractivity contribution in [3.63, 3.8) is 0 Å². The van der Waals surface area contributed by atoms with Crippen molar-refractivity contribution in [3.8, 4) is 0 Å². The van der Waals surface area contributed by atoms with Gasteiger partial charge in [-0.1, -0.05) is 24.0 Å². The van der Waals surface area contributed by atoms with Crippen LogP contribution in [0.15, 0.2) is 0 Å². The summed E-state index contributed by atoms with van der Waals surface area (Å²) >= 11 is 7.16. The molecule has 0 saturated carbocycles. The second-order valence-corrected chi connectivity index (χ2v) is 5.67. The highest BCUT2D eigenvalue weighted by Gasteiger charge is 2.21. The van der Waals surface area contributed by atoms with E-state index >= 15 is 0 Å². The maximum absolute atomic E-state index is 5.66. The molecular formula is C10H17NOS2. The topological polar surface area (TPSA) is 12.5 Å². The number of thiocarbonyl (C=S) groups is 1. The fraction of sp³-hybridized carbons (Fsp3) is 0.900. The minimum atomic E-state index is 0.330. The molecule has 80 valence electrons. The zero-order chi connectivity index (χ0) is 9.80. The molecular weight excluding hydrogens is 214 g/mol. The Morgan fingerprint density at radius 1 is 1.21 bits per heavy atom. The monoisotopic (exact) mass is 231 g/mol. The molecule has 2 rings (SSSR count). The number of hydrogen-bond acceptors (Lipinski definition) is 3. The molecule has 0 amide bonds. The lowest BCUT2D eigenvalue weighted by Gasteiger charge is -2.25.